The van der Waals surface area contributed by atoms with Crippen LogP contribution in [0.2, 0.25) is 0 Å². The lowest BCUT2D eigenvalue weighted by molar-refractivity contribution is 0.0232. The maximum Gasteiger partial charge on any atom is 0.253 e. The van der Waals surface area contributed by atoms with Crippen molar-refractivity contribution in [2.75, 3.05) is 19.0 Å². The minimum Gasteiger partial charge on any atom is -0.393 e. The number of aliphatic hydroxyl groups is 1. The minimum absolute atomic E-state index is 0.0870. The summed E-state index contributed by atoms with van der Waals surface area (Å²) in [6.45, 7) is 2.06. The second-order valence-electron chi connectivity index (χ2n) is 5.67. The molecule has 0 aliphatic heterocycles. The predicted molar refractivity (Wildman–Crippen MR) is 78.8 cm³/mol. The molecule has 20 heavy (non-hydrogen) atoms. The number of amides is 1. The molecule has 0 radical (unpaired) electrons. The van der Waals surface area contributed by atoms with Gasteiger partial charge in [-0.15, -0.1) is 0 Å². The molecule has 0 saturated heterocycles. The van der Waals surface area contributed by atoms with Crippen LogP contribution in [0.25, 0.3) is 0 Å². The quantitative estimate of drug-likeness (QED) is 0.854. The number of nitrogens with one attached hydrogen (secondary N) is 1. The van der Waals surface area contributed by atoms with E-state index in [1.165, 1.54) is 0 Å². The molecule has 1 heterocycles. The molecule has 0 bridgehead atoms. The Morgan fingerprint density at radius 1 is 1.50 bits per heavy atom. The van der Waals surface area contributed by atoms with E-state index in [1.807, 2.05) is 25.1 Å². The second-order valence-corrected chi connectivity index (χ2v) is 5.67. The van der Waals surface area contributed by atoms with Crippen molar-refractivity contribution in [3.63, 3.8) is 0 Å². The van der Waals surface area contributed by atoms with Gasteiger partial charge in [0.05, 0.1) is 11.7 Å². The van der Waals surface area contributed by atoms with Crippen LogP contribution in [0.15, 0.2) is 18.3 Å². The number of hydrogen-bond acceptors (Lipinski definition) is 4. The Morgan fingerprint density at radius 2 is 2.20 bits per heavy atom. The number of carbonyl (C=O) groups excluding carboxylic acids is 1. The lowest BCUT2D eigenvalue weighted by Gasteiger charge is -2.37. The maximum absolute atomic E-state index is 12.2. The van der Waals surface area contributed by atoms with E-state index in [9.17, 15) is 9.90 Å². The van der Waals surface area contributed by atoms with E-state index in [1.54, 1.807) is 12.3 Å². The molecule has 2 N–H and O–H groups in total. The average Bonchev–Trinajstić information content (AvgIpc) is 2.41. The van der Waals surface area contributed by atoms with Gasteiger partial charge >= 0.3 is 0 Å². The molecule has 0 unspecified atom stereocenters. The molecule has 0 aromatic carbocycles. The van der Waals surface area contributed by atoms with Crippen molar-refractivity contribution in [2.45, 2.75) is 38.3 Å². The van der Waals surface area contributed by atoms with Crippen molar-refractivity contribution >= 4 is 11.7 Å². The Morgan fingerprint density at radius 3 is 2.65 bits per heavy atom. The lowest BCUT2D eigenvalue weighted by Crippen LogP contribution is -2.46. The standard InChI is InChI=1S/C15H23N3O2/c1-4-13(11-7-12(19)8-11)17-15(20)10-5-6-14(16-9-10)18(2)3/h5-6,9,11-13,19H,4,7-8H2,1-3H3,(H,17,20)/t11?,12?,13-/m0/s1. The summed E-state index contributed by atoms with van der Waals surface area (Å²) in [5, 5.41) is 12.4. The number of hydrogen-bond donors (Lipinski definition) is 2. The molecule has 1 fully saturated rings. The molecule has 1 atom stereocenters. The van der Waals surface area contributed by atoms with Crippen molar-refractivity contribution in [1.29, 1.82) is 0 Å². The highest BCUT2D eigenvalue weighted by Gasteiger charge is 2.33. The van der Waals surface area contributed by atoms with E-state index in [-0.39, 0.29) is 18.1 Å². The summed E-state index contributed by atoms with van der Waals surface area (Å²) in [6.07, 6.45) is 3.87. The molecule has 5 heteroatoms. The van der Waals surface area contributed by atoms with Crippen LogP contribution >= 0.6 is 0 Å². The molecule has 1 amide bonds. The first-order valence-electron chi connectivity index (χ1n) is 7.13. The van der Waals surface area contributed by atoms with Gasteiger partial charge in [-0.2, -0.15) is 0 Å². The third-order valence-corrected chi connectivity index (χ3v) is 3.94. The van der Waals surface area contributed by atoms with Crippen LogP contribution in [-0.4, -0.2) is 42.2 Å². The molecule has 0 spiro atoms. The van der Waals surface area contributed by atoms with E-state index < -0.39 is 0 Å². The third-order valence-electron chi connectivity index (χ3n) is 3.94. The Balaban J connectivity index is 1.96. The molecule has 1 saturated carbocycles. The molecule has 2 rings (SSSR count). The van der Waals surface area contributed by atoms with Crippen LogP contribution < -0.4 is 10.2 Å². The minimum atomic E-state index is -0.188. The molecule has 1 aliphatic rings. The Labute approximate surface area is 120 Å². The summed E-state index contributed by atoms with van der Waals surface area (Å²) in [5.74, 6) is 1.14. The van der Waals surface area contributed by atoms with Crippen LogP contribution in [-0.2, 0) is 0 Å². The van der Waals surface area contributed by atoms with Gasteiger partial charge in [-0.25, -0.2) is 4.98 Å². The topological polar surface area (TPSA) is 65.5 Å². The largest absolute Gasteiger partial charge is 0.393 e. The fourth-order valence-corrected chi connectivity index (χ4v) is 2.55. The molecular formula is C15H23N3O2. The van der Waals surface area contributed by atoms with Gasteiger partial charge in [0.2, 0.25) is 0 Å². The zero-order valence-electron chi connectivity index (χ0n) is 12.3. The summed E-state index contributed by atoms with van der Waals surface area (Å²) in [5.41, 5.74) is 0.578. The highest BCUT2D eigenvalue weighted by atomic mass is 16.3. The number of nitrogens with zero attached hydrogens (tertiary/aromatic N) is 2. The van der Waals surface area contributed by atoms with Crippen molar-refractivity contribution in [3.8, 4) is 0 Å². The lowest BCUT2D eigenvalue weighted by atomic mass is 9.76. The number of rotatable bonds is 5. The Bertz CT molecular complexity index is 453. The molecular weight excluding hydrogens is 254 g/mol. The predicted octanol–water partition coefficient (Wildman–Crippen LogP) is 1.43. The van der Waals surface area contributed by atoms with Gasteiger partial charge in [0.15, 0.2) is 0 Å². The average molecular weight is 277 g/mol. The molecule has 110 valence electrons. The van der Waals surface area contributed by atoms with Crippen molar-refractivity contribution in [1.82, 2.24) is 10.3 Å². The fourth-order valence-electron chi connectivity index (χ4n) is 2.55. The molecule has 1 aromatic heterocycles. The van der Waals surface area contributed by atoms with Gasteiger partial charge in [0, 0.05) is 26.3 Å². The van der Waals surface area contributed by atoms with E-state index in [0.29, 0.717) is 11.5 Å². The van der Waals surface area contributed by atoms with Crippen LogP contribution in [0.5, 0.6) is 0 Å². The van der Waals surface area contributed by atoms with Crippen LogP contribution in [0.4, 0.5) is 5.82 Å². The van der Waals surface area contributed by atoms with Gasteiger partial charge < -0.3 is 15.3 Å². The van der Waals surface area contributed by atoms with E-state index in [2.05, 4.69) is 17.2 Å². The Hall–Kier alpha value is -1.62. The van der Waals surface area contributed by atoms with Crippen LogP contribution in [0.1, 0.15) is 36.5 Å². The first-order chi connectivity index (χ1) is 9.51. The van der Waals surface area contributed by atoms with Gasteiger partial charge in [-0.05, 0) is 37.3 Å². The van der Waals surface area contributed by atoms with Crippen molar-refractivity contribution in [2.24, 2.45) is 5.92 Å². The zero-order chi connectivity index (χ0) is 14.7. The zero-order valence-corrected chi connectivity index (χ0v) is 12.3. The fraction of sp³-hybridized carbons (Fsp3) is 0.600. The SMILES string of the molecule is CC[C@H](NC(=O)c1ccc(N(C)C)nc1)C1CC(O)C1. The maximum atomic E-state index is 12.2. The van der Waals surface area contributed by atoms with Crippen molar-refractivity contribution in [3.05, 3.63) is 23.9 Å². The Kier molecular flexibility index (Phi) is 4.60. The van der Waals surface area contributed by atoms with E-state index in [0.717, 1.165) is 25.1 Å². The number of aromatic nitrogens is 1. The smallest absolute Gasteiger partial charge is 0.253 e. The monoisotopic (exact) mass is 277 g/mol. The number of carbonyl (C=O) groups is 1. The van der Waals surface area contributed by atoms with Gasteiger partial charge in [0.25, 0.3) is 5.91 Å². The summed E-state index contributed by atoms with van der Waals surface area (Å²) in [6, 6.07) is 3.77. The van der Waals surface area contributed by atoms with E-state index >= 15 is 0 Å². The van der Waals surface area contributed by atoms with Gasteiger partial charge in [0.1, 0.15) is 5.82 Å². The summed E-state index contributed by atoms with van der Waals surface area (Å²) >= 11 is 0. The first kappa shape index (κ1) is 14.8. The summed E-state index contributed by atoms with van der Waals surface area (Å²) in [7, 11) is 3.83. The number of aliphatic hydroxyl groups excluding tert-OH is 1. The summed E-state index contributed by atoms with van der Waals surface area (Å²) in [4.78, 5) is 18.3. The van der Waals surface area contributed by atoms with Crippen LogP contribution in [0, 0.1) is 5.92 Å². The first-order valence-corrected chi connectivity index (χ1v) is 7.13. The normalized spacial score (nSPS) is 22.8. The third kappa shape index (κ3) is 3.28. The van der Waals surface area contributed by atoms with Gasteiger partial charge in [-0.3, -0.25) is 4.79 Å². The highest BCUT2D eigenvalue weighted by Crippen LogP contribution is 2.31. The van der Waals surface area contributed by atoms with Gasteiger partial charge in [-0.1, -0.05) is 6.92 Å². The molecule has 1 aliphatic carbocycles. The highest BCUT2D eigenvalue weighted by molar-refractivity contribution is 5.94. The van der Waals surface area contributed by atoms with Crippen LogP contribution in [0.3, 0.4) is 0 Å². The van der Waals surface area contributed by atoms with Crippen molar-refractivity contribution < 1.29 is 9.90 Å². The number of pyridine rings is 1. The summed E-state index contributed by atoms with van der Waals surface area (Å²) < 4.78 is 0. The molecule has 5 nitrogen and oxygen atoms in total. The van der Waals surface area contributed by atoms with E-state index in [4.69, 9.17) is 0 Å². The second kappa shape index (κ2) is 6.22. The molecule has 1 aromatic rings. The number of anilines is 1.